The Morgan fingerprint density at radius 2 is 2.05 bits per heavy atom. The van der Waals surface area contributed by atoms with E-state index in [-0.39, 0.29) is 17.1 Å². The van der Waals surface area contributed by atoms with Crippen LogP contribution in [0.5, 0.6) is 0 Å². The van der Waals surface area contributed by atoms with Gasteiger partial charge in [0.2, 0.25) is 10.0 Å². The van der Waals surface area contributed by atoms with Crippen molar-refractivity contribution in [2.75, 3.05) is 4.72 Å². The van der Waals surface area contributed by atoms with Gasteiger partial charge >= 0.3 is 5.97 Å². The van der Waals surface area contributed by atoms with Crippen LogP contribution in [0.4, 0.5) is 5.82 Å². The molecule has 0 radical (unpaired) electrons. The van der Waals surface area contributed by atoms with E-state index in [9.17, 15) is 13.2 Å². The summed E-state index contributed by atoms with van der Waals surface area (Å²) in [6.07, 6.45) is 1.51. The summed E-state index contributed by atoms with van der Waals surface area (Å²) in [5.74, 6) is -1.17. The average Bonchev–Trinajstić information content (AvgIpc) is 2.37. The molecule has 1 aromatic carbocycles. The number of anilines is 1. The van der Waals surface area contributed by atoms with E-state index in [1.807, 2.05) is 6.92 Å². The van der Waals surface area contributed by atoms with E-state index in [1.54, 1.807) is 18.2 Å². The van der Waals surface area contributed by atoms with Gasteiger partial charge in [-0.05, 0) is 42.3 Å². The summed E-state index contributed by atoms with van der Waals surface area (Å²) in [7, 11) is -3.65. The van der Waals surface area contributed by atoms with Crippen molar-refractivity contribution in [3.05, 3.63) is 59.3 Å². The van der Waals surface area contributed by atoms with Gasteiger partial charge in [0, 0.05) is 6.20 Å². The number of aromatic nitrogens is 1. The van der Waals surface area contributed by atoms with Crippen LogP contribution in [0.1, 0.15) is 21.5 Å². The minimum atomic E-state index is -3.65. The Labute approximate surface area is 122 Å². The highest BCUT2D eigenvalue weighted by atomic mass is 32.2. The number of hydrogen-bond acceptors (Lipinski definition) is 4. The monoisotopic (exact) mass is 306 g/mol. The second-order valence-corrected chi connectivity index (χ2v) is 6.31. The quantitative estimate of drug-likeness (QED) is 0.881. The van der Waals surface area contributed by atoms with Gasteiger partial charge in [-0.3, -0.25) is 4.72 Å². The van der Waals surface area contributed by atoms with Crippen LogP contribution in [0, 0.1) is 6.92 Å². The number of aryl methyl sites for hydroxylation is 1. The fourth-order valence-corrected chi connectivity index (χ4v) is 2.92. The molecule has 0 atom stereocenters. The number of benzene rings is 1. The summed E-state index contributed by atoms with van der Waals surface area (Å²) in [6.45, 7) is 1.83. The highest BCUT2D eigenvalue weighted by molar-refractivity contribution is 7.91. The standard InChI is InChI=1S/C14H14N2O4S/c1-10-5-6-15-13(7-10)16-21(19,20)9-11-3-2-4-12(8-11)14(17)18/h2-8H,9H2,1H3,(H,15,16)(H,17,18). The van der Waals surface area contributed by atoms with E-state index in [2.05, 4.69) is 9.71 Å². The van der Waals surface area contributed by atoms with Gasteiger partial charge in [-0.25, -0.2) is 18.2 Å². The Hall–Kier alpha value is -2.41. The van der Waals surface area contributed by atoms with Crippen molar-refractivity contribution in [3.8, 4) is 0 Å². The lowest BCUT2D eigenvalue weighted by Gasteiger charge is -2.08. The molecule has 0 unspecified atom stereocenters. The molecular weight excluding hydrogens is 292 g/mol. The van der Waals surface area contributed by atoms with Crippen LogP contribution in [0.3, 0.4) is 0 Å². The van der Waals surface area contributed by atoms with Crippen LogP contribution in [-0.4, -0.2) is 24.5 Å². The van der Waals surface area contributed by atoms with Gasteiger partial charge in [-0.15, -0.1) is 0 Å². The number of aromatic carboxylic acids is 1. The van der Waals surface area contributed by atoms with Crippen LogP contribution in [0.2, 0.25) is 0 Å². The molecule has 2 N–H and O–H groups in total. The Morgan fingerprint density at radius 3 is 2.71 bits per heavy atom. The third-order valence-electron chi connectivity index (χ3n) is 2.71. The molecule has 110 valence electrons. The lowest BCUT2D eigenvalue weighted by atomic mass is 10.1. The Kier molecular flexibility index (Phi) is 4.23. The molecule has 0 saturated heterocycles. The zero-order chi connectivity index (χ0) is 15.5. The first-order valence-electron chi connectivity index (χ1n) is 6.11. The van der Waals surface area contributed by atoms with E-state index < -0.39 is 16.0 Å². The Bertz CT molecular complexity index is 772. The zero-order valence-corrected chi connectivity index (χ0v) is 12.1. The number of sulfonamides is 1. The van der Waals surface area contributed by atoms with Crippen molar-refractivity contribution < 1.29 is 18.3 Å². The average molecular weight is 306 g/mol. The molecule has 6 nitrogen and oxygen atoms in total. The molecule has 0 fully saturated rings. The molecule has 7 heteroatoms. The smallest absolute Gasteiger partial charge is 0.335 e. The number of pyridine rings is 1. The van der Waals surface area contributed by atoms with Gasteiger partial charge in [0.05, 0.1) is 11.3 Å². The number of nitrogens with one attached hydrogen (secondary N) is 1. The van der Waals surface area contributed by atoms with Crippen molar-refractivity contribution >= 4 is 21.8 Å². The highest BCUT2D eigenvalue weighted by Gasteiger charge is 2.14. The summed E-state index contributed by atoms with van der Waals surface area (Å²) in [5, 5.41) is 8.90. The molecule has 0 amide bonds. The van der Waals surface area contributed by atoms with Crippen molar-refractivity contribution in [2.24, 2.45) is 0 Å². The molecule has 2 aromatic rings. The maximum atomic E-state index is 12.1. The number of carboxylic acid groups (broad SMARTS) is 1. The van der Waals surface area contributed by atoms with Gasteiger partial charge in [-0.2, -0.15) is 0 Å². The van der Waals surface area contributed by atoms with E-state index in [0.717, 1.165) is 5.56 Å². The van der Waals surface area contributed by atoms with Crippen LogP contribution in [0.15, 0.2) is 42.6 Å². The summed E-state index contributed by atoms with van der Waals surface area (Å²) >= 11 is 0. The first kappa shape index (κ1) is 15.0. The normalized spacial score (nSPS) is 11.1. The highest BCUT2D eigenvalue weighted by Crippen LogP contribution is 2.13. The maximum absolute atomic E-state index is 12.1. The van der Waals surface area contributed by atoms with Crippen LogP contribution in [0.25, 0.3) is 0 Å². The summed E-state index contributed by atoms with van der Waals surface area (Å²) in [5.41, 5.74) is 1.34. The summed E-state index contributed by atoms with van der Waals surface area (Å²) in [6, 6.07) is 9.20. The molecule has 2 rings (SSSR count). The van der Waals surface area contributed by atoms with Crippen molar-refractivity contribution in [3.63, 3.8) is 0 Å². The molecule has 0 aliphatic heterocycles. The molecule has 0 aliphatic carbocycles. The molecule has 21 heavy (non-hydrogen) atoms. The molecule has 0 spiro atoms. The third kappa shape index (κ3) is 4.28. The number of nitrogens with zero attached hydrogens (tertiary/aromatic N) is 1. The first-order valence-corrected chi connectivity index (χ1v) is 7.76. The zero-order valence-electron chi connectivity index (χ0n) is 11.3. The predicted octanol–water partition coefficient (Wildman–Crippen LogP) is 2.03. The minimum Gasteiger partial charge on any atom is -0.478 e. The molecule has 0 bridgehead atoms. The van der Waals surface area contributed by atoms with Gasteiger partial charge < -0.3 is 5.11 Å². The van der Waals surface area contributed by atoms with Crippen molar-refractivity contribution in [1.29, 1.82) is 0 Å². The minimum absolute atomic E-state index is 0.0522. The molecule has 1 heterocycles. The first-order chi connectivity index (χ1) is 9.85. The lowest BCUT2D eigenvalue weighted by molar-refractivity contribution is 0.0696. The summed E-state index contributed by atoms with van der Waals surface area (Å²) < 4.78 is 26.5. The Balaban J connectivity index is 2.18. The van der Waals surface area contributed by atoms with Crippen molar-refractivity contribution in [2.45, 2.75) is 12.7 Å². The largest absolute Gasteiger partial charge is 0.478 e. The second-order valence-electron chi connectivity index (χ2n) is 4.59. The van der Waals surface area contributed by atoms with Gasteiger partial charge in [-0.1, -0.05) is 12.1 Å². The number of rotatable bonds is 5. The van der Waals surface area contributed by atoms with Gasteiger partial charge in [0.1, 0.15) is 5.82 Å². The van der Waals surface area contributed by atoms with E-state index in [4.69, 9.17) is 5.11 Å². The molecule has 0 saturated carbocycles. The SMILES string of the molecule is Cc1ccnc(NS(=O)(=O)Cc2cccc(C(=O)O)c2)c1. The number of carbonyl (C=O) groups is 1. The van der Waals surface area contributed by atoms with E-state index in [0.29, 0.717) is 5.56 Å². The van der Waals surface area contributed by atoms with E-state index >= 15 is 0 Å². The predicted molar refractivity (Wildman–Crippen MR) is 78.6 cm³/mol. The second kappa shape index (κ2) is 5.92. The molecule has 0 aliphatic rings. The third-order valence-corrected chi connectivity index (χ3v) is 3.94. The summed E-state index contributed by atoms with van der Waals surface area (Å²) in [4.78, 5) is 14.8. The molecular formula is C14H14N2O4S. The number of carboxylic acids is 1. The fourth-order valence-electron chi connectivity index (χ4n) is 1.80. The van der Waals surface area contributed by atoms with E-state index in [1.165, 1.54) is 24.4 Å². The van der Waals surface area contributed by atoms with Crippen LogP contribution < -0.4 is 4.72 Å². The molecule has 1 aromatic heterocycles. The van der Waals surface area contributed by atoms with Crippen LogP contribution in [-0.2, 0) is 15.8 Å². The fraction of sp³-hybridized carbons (Fsp3) is 0.143. The van der Waals surface area contributed by atoms with Crippen molar-refractivity contribution in [1.82, 2.24) is 4.98 Å². The lowest BCUT2D eigenvalue weighted by Crippen LogP contribution is -2.16. The number of hydrogen-bond donors (Lipinski definition) is 2. The Morgan fingerprint density at radius 1 is 1.29 bits per heavy atom. The van der Waals surface area contributed by atoms with Gasteiger partial charge in [0.25, 0.3) is 0 Å². The maximum Gasteiger partial charge on any atom is 0.335 e. The topological polar surface area (TPSA) is 96.4 Å². The van der Waals surface area contributed by atoms with Crippen LogP contribution >= 0.6 is 0 Å². The van der Waals surface area contributed by atoms with Gasteiger partial charge in [0.15, 0.2) is 0 Å².